The lowest BCUT2D eigenvalue weighted by molar-refractivity contribution is -0.132. The van der Waals surface area contributed by atoms with Crippen LogP contribution < -0.4 is 0 Å². The van der Waals surface area contributed by atoms with Crippen LogP contribution >= 0.6 is 11.3 Å². The lowest BCUT2D eigenvalue weighted by Gasteiger charge is -1.97. The van der Waals surface area contributed by atoms with E-state index in [-0.39, 0.29) is 5.57 Å². The number of carboxylic acids is 1. The maximum atomic E-state index is 10.6. The van der Waals surface area contributed by atoms with Gasteiger partial charge in [0.25, 0.3) is 0 Å². The minimum Gasteiger partial charge on any atom is -0.477 e. The summed E-state index contributed by atoms with van der Waals surface area (Å²) in [5.74, 6) is -1.17. The summed E-state index contributed by atoms with van der Waals surface area (Å²) >= 11 is 1.47. The number of hydrogen-bond acceptors (Lipinski definition) is 3. The van der Waals surface area contributed by atoms with Crippen LogP contribution in [0, 0.1) is 11.3 Å². The molecule has 0 aliphatic heterocycles. The molecule has 1 aromatic rings. The molecule has 0 amide bonds. The normalized spacial score (nSPS) is 11.7. The third-order valence-corrected chi connectivity index (χ3v) is 2.34. The molecule has 1 N–H and O–H groups in total. The molecular weight excluding hydrogens is 186 g/mol. The number of carboxylic acid groups (broad SMARTS) is 1. The van der Waals surface area contributed by atoms with Crippen LogP contribution in [0.25, 0.3) is 5.57 Å². The predicted molar refractivity (Wildman–Crippen MR) is 50.2 cm³/mol. The van der Waals surface area contributed by atoms with Gasteiger partial charge in [-0.2, -0.15) is 16.6 Å². The van der Waals surface area contributed by atoms with Crippen molar-refractivity contribution in [3.05, 3.63) is 28.0 Å². The Morgan fingerprint density at radius 1 is 1.69 bits per heavy atom. The third kappa shape index (κ3) is 1.95. The number of nitrogens with zero attached hydrogens (tertiary/aromatic N) is 1. The van der Waals surface area contributed by atoms with Gasteiger partial charge >= 0.3 is 5.97 Å². The van der Waals surface area contributed by atoms with Crippen molar-refractivity contribution in [1.29, 1.82) is 5.26 Å². The molecule has 1 aromatic heterocycles. The van der Waals surface area contributed by atoms with Crippen molar-refractivity contribution in [3.63, 3.8) is 0 Å². The molecule has 3 nitrogen and oxygen atoms in total. The SMILES string of the molecule is CC(=C(C#N)C(=O)O)c1ccsc1. The van der Waals surface area contributed by atoms with Gasteiger partial charge in [0.15, 0.2) is 0 Å². The second kappa shape index (κ2) is 3.87. The van der Waals surface area contributed by atoms with Gasteiger partial charge in [-0.1, -0.05) is 0 Å². The van der Waals surface area contributed by atoms with Crippen molar-refractivity contribution >= 4 is 22.9 Å². The molecule has 13 heavy (non-hydrogen) atoms. The molecule has 0 aliphatic rings. The molecule has 1 heterocycles. The summed E-state index contributed by atoms with van der Waals surface area (Å²) in [5.41, 5.74) is 1.11. The zero-order valence-corrected chi connectivity index (χ0v) is 7.76. The number of aliphatic carboxylic acids is 1. The zero-order valence-electron chi connectivity index (χ0n) is 6.94. The van der Waals surface area contributed by atoms with E-state index in [1.165, 1.54) is 11.3 Å². The van der Waals surface area contributed by atoms with Gasteiger partial charge in [-0.3, -0.25) is 0 Å². The average Bonchev–Trinajstić information content (AvgIpc) is 2.56. The lowest BCUT2D eigenvalue weighted by Crippen LogP contribution is -2.00. The molecule has 0 saturated carbocycles. The van der Waals surface area contributed by atoms with Crippen molar-refractivity contribution in [2.75, 3.05) is 0 Å². The van der Waals surface area contributed by atoms with Gasteiger partial charge in [-0.05, 0) is 34.9 Å². The second-order valence-corrected chi connectivity index (χ2v) is 3.21. The van der Waals surface area contributed by atoms with Gasteiger partial charge in [0.05, 0.1) is 0 Å². The standard InChI is InChI=1S/C9H7NO2S/c1-6(7-2-3-13-5-7)8(4-10)9(11)12/h2-3,5H,1H3,(H,11,12). The molecule has 1 rings (SSSR count). The molecular formula is C9H7NO2S. The van der Waals surface area contributed by atoms with Crippen LogP contribution in [-0.2, 0) is 4.79 Å². The Balaban J connectivity index is 3.19. The zero-order chi connectivity index (χ0) is 9.84. The van der Waals surface area contributed by atoms with Crippen LogP contribution in [0.15, 0.2) is 22.4 Å². The monoisotopic (exact) mass is 193 g/mol. The third-order valence-electron chi connectivity index (χ3n) is 1.65. The largest absolute Gasteiger partial charge is 0.477 e. The lowest BCUT2D eigenvalue weighted by atomic mass is 10.1. The first-order valence-corrected chi connectivity index (χ1v) is 4.48. The smallest absolute Gasteiger partial charge is 0.346 e. The molecule has 0 spiro atoms. The molecule has 66 valence electrons. The summed E-state index contributed by atoms with van der Waals surface area (Å²) in [6, 6.07) is 3.47. The van der Waals surface area contributed by atoms with Gasteiger partial charge in [0, 0.05) is 0 Å². The Kier molecular flexibility index (Phi) is 2.83. The number of nitriles is 1. The summed E-state index contributed by atoms with van der Waals surface area (Å²) in [5, 5.41) is 20.9. The van der Waals surface area contributed by atoms with E-state index < -0.39 is 5.97 Å². The summed E-state index contributed by atoms with van der Waals surface area (Å²) in [6.07, 6.45) is 0. The fraction of sp³-hybridized carbons (Fsp3) is 0.111. The molecule has 0 aliphatic carbocycles. The number of rotatable bonds is 2. The Morgan fingerprint density at radius 2 is 2.38 bits per heavy atom. The van der Waals surface area contributed by atoms with Crippen LogP contribution in [0.4, 0.5) is 0 Å². The Hall–Kier alpha value is -1.60. The van der Waals surface area contributed by atoms with Crippen molar-refractivity contribution in [3.8, 4) is 6.07 Å². The van der Waals surface area contributed by atoms with Crippen LogP contribution in [0.3, 0.4) is 0 Å². The predicted octanol–water partition coefficient (Wildman–Crippen LogP) is 2.13. The summed E-state index contributed by atoms with van der Waals surface area (Å²) in [7, 11) is 0. The van der Waals surface area contributed by atoms with E-state index in [4.69, 9.17) is 10.4 Å². The summed E-state index contributed by atoms with van der Waals surface area (Å²) in [6.45, 7) is 1.63. The van der Waals surface area contributed by atoms with Gasteiger partial charge < -0.3 is 5.11 Å². The van der Waals surface area contributed by atoms with E-state index in [0.29, 0.717) is 5.57 Å². The van der Waals surface area contributed by atoms with Crippen LogP contribution in [0.5, 0.6) is 0 Å². The van der Waals surface area contributed by atoms with Gasteiger partial charge in [0.2, 0.25) is 0 Å². The van der Waals surface area contributed by atoms with Gasteiger partial charge in [0.1, 0.15) is 11.6 Å². The molecule has 0 bridgehead atoms. The molecule has 0 aromatic carbocycles. The highest BCUT2D eigenvalue weighted by Crippen LogP contribution is 2.20. The van der Waals surface area contributed by atoms with Crippen molar-refractivity contribution in [2.45, 2.75) is 6.92 Å². The number of hydrogen-bond donors (Lipinski definition) is 1. The Labute approximate surface area is 79.6 Å². The molecule has 0 atom stereocenters. The molecule has 4 heteroatoms. The first-order chi connectivity index (χ1) is 6.16. The minimum atomic E-state index is -1.17. The van der Waals surface area contributed by atoms with Crippen LogP contribution in [0.1, 0.15) is 12.5 Å². The van der Waals surface area contributed by atoms with E-state index >= 15 is 0 Å². The van der Waals surface area contributed by atoms with E-state index in [1.807, 2.05) is 10.8 Å². The highest BCUT2D eigenvalue weighted by atomic mass is 32.1. The molecule has 0 radical (unpaired) electrons. The van der Waals surface area contributed by atoms with Crippen molar-refractivity contribution in [1.82, 2.24) is 0 Å². The number of thiophene rings is 1. The second-order valence-electron chi connectivity index (χ2n) is 2.43. The first-order valence-electron chi connectivity index (χ1n) is 3.53. The number of allylic oxidation sites excluding steroid dienone is 1. The first kappa shape index (κ1) is 9.49. The van der Waals surface area contributed by atoms with E-state index in [2.05, 4.69) is 0 Å². The van der Waals surface area contributed by atoms with E-state index in [1.54, 1.807) is 19.1 Å². The minimum absolute atomic E-state index is 0.196. The average molecular weight is 193 g/mol. The van der Waals surface area contributed by atoms with Crippen molar-refractivity contribution in [2.24, 2.45) is 0 Å². The topological polar surface area (TPSA) is 61.1 Å². The summed E-state index contributed by atoms with van der Waals surface area (Å²) < 4.78 is 0. The quantitative estimate of drug-likeness (QED) is 0.578. The van der Waals surface area contributed by atoms with Gasteiger partial charge in [-0.15, -0.1) is 0 Å². The van der Waals surface area contributed by atoms with Crippen molar-refractivity contribution < 1.29 is 9.90 Å². The van der Waals surface area contributed by atoms with E-state index in [9.17, 15) is 4.79 Å². The number of carbonyl (C=O) groups is 1. The summed E-state index contributed by atoms with van der Waals surface area (Å²) in [4.78, 5) is 10.6. The molecule has 0 unspecified atom stereocenters. The highest BCUT2D eigenvalue weighted by molar-refractivity contribution is 7.08. The Bertz CT molecular complexity index is 384. The molecule has 0 saturated heterocycles. The highest BCUT2D eigenvalue weighted by Gasteiger charge is 2.11. The van der Waals surface area contributed by atoms with Gasteiger partial charge in [-0.25, -0.2) is 4.79 Å². The van der Waals surface area contributed by atoms with E-state index in [0.717, 1.165) is 5.56 Å². The van der Waals surface area contributed by atoms with Crippen LogP contribution in [0.2, 0.25) is 0 Å². The van der Waals surface area contributed by atoms with Crippen LogP contribution in [-0.4, -0.2) is 11.1 Å². The Morgan fingerprint density at radius 3 is 2.77 bits per heavy atom. The fourth-order valence-corrected chi connectivity index (χ4v) is 1.62. The fourth-order valence-electron chi connectivity index (χ4n) is 0.914. The maximum absolute atomic E-state index is 10.6. The maximum Gasteiger partial charge on any atom is 0.346 e. The molecule has 0 fully saturated rings.